The molecule has 2 aromatic carbocycles. The number of hydrogen-bond acceptors (Lipinski definition) is 2. The van der Waals surface area contributed by atoms with Gasteiger partial charge >= 0.3 is 0 Å². The van der Waals surface area contributed by atoms with Gasteiger partial charge in [-0.1, -0.05) is 54.6 Å². The molecule has 0 spiro atoms. The van der Waals surface area contributed by atoms with Gasteiger partial charge in [-0.3, -0.25) is 0 Å². The molecule has 0 aliphatic heterocycles. The predicted octanol–water partition coefficient (Wildman–Crippen LogP) is 4.47. The number of aliphatic imine (C=N–C) groups is 2. The topological polar surface area (TPSA) is 24.7 Å². The van der Waals surface area contributed by atoms with Crippen molar-refractivity contribution >= 4 is 17.4 Å². The third-order valence-electron chi connectivity index (χ3n) is 2.51. The van der Waals surface area contributed by atoms with E-state index in [2.05, 4.69) is 22.6 Å². The van der Waals surface area contributed by atoms with Crippen LogP contribution in [0.3, 0.4) is 0 Å². The minimum atomic E-state index is 0.659. The summed E-state index contributed by atoms with van der Waals surface area (Å²) in [6.07, 6.45) is 0. The molecule has 0 amide bonds. The van der Waals surface area contributed by atoms with Crippen LogP contribution in [-0.4, -0.2) is 6.01 Å². The summed E-state index contributed by atoms with van der Waals surface area (Å²) in [6.45, 7) is 5.92. The van der Waals surface area contributed by atoms with Crippen LogP contribution in [0.5, 0.6) is 0 Å². The third-order valence-corrected chi connectivity index (χ3v) is 2.51. The molecule has 2 aromatic rings. The van der Waals surface area contributed by atoms with Gasteiger partial charge in [-0.15, -0.1) is 0 Å². The van der Waals surface area contributed by atoms with Crippen molar-refractivity contribution < 1.29 is 0 Å². The van der Waals surface area contributed by atoms with Gasteiger partial charge in [-0.25, -0.2) is 0 Å². The van der Waals surface area contributed by atoms with Crippen LogP contribution in [0, 0.1) is 6.92 Å². The first-order valence-electron chi connectivity index (χ1n) is 5.73. The van der Waals surface area contributed by atoms with Crippen molar-refractivity contribution in [2.24, 2.45) is 9.98 Å². The van der Waals surface area contributed by atoms with E-state index in [9.17, 15) is 0 Å². The van der Waals surface area contributed by atoms with Gasteiger partial charge in [0.05, 0.1) is 11.4 Å². The highest BCUT2D eigenvalue weighted by Crippen LogP contribution is 2.13. The van der Waals surface area contributed by atoms with Crippen LogP contribution in [0.2, 0.25) is 0 Å². The standard InChI is InChI=1S/C16H14N2/c1-13-8-10-16(11-9-13)18-12-17-14(2)15-6-4-3-5-7-15/h3-11H,2H2,1H3. The summed E-state index contributed by atoms with van der Waals surface area (Å²) in [7, 11) is 0. The second-order valence-electron chi connectivity index (χ2n) is 3.97. The second kappa shape index (κ2) is 5.76. The van der Waals surface area contributed by atoms with Crippen LogP contribution in [-0.2, 0) is 0 Å². The van der Waals surface area contributed by atoms with Gasteiger partial charge in [0.2, 0.25) is 0 Å². The molecule has 0 atom stereocenters. The molecule has 2 nitrogen and oxygen atoms in total. The Hall–Kier alpha value is -2.44. The maximum atomic E-state index is 4.14. The summed E-state index contributed by atoms with van der Waals surface area (Å²) in [5.74, 6) is 0. The molecule has 0 aliphatic carbocycles. The zero-order chi connectivity index (χ0) is 12.8. The summed E-state index contributed by atoms with van der Waals surface area (Å²) in [5, 5.41) is 0. The van der Waals surface area contributed by atoms with E-state index in [1.165, 1.54) is 5.56 Å². The third kappa shape index (κ3) is 3.27. The lowest BCUT2D eigenvalue weighted by atomic mass is 10.2. The largest absolute Gasteiger partial charge is 0.188 e. The van der Waals surface area contributed by atoms with E-state index >= 15 is 0 Å². The summed E-state index contributed by atoms with van der Waals surface area (Å²) in [5.41, 5.74) is 3.68. The van der Waals surface area contributed by atoms with Crippen molar-refractivity contribution in [3.8, 4) is 0 Å². The molecule has 0 aromatic heterocycles. The summed E-state index contributed by atoms with van der Waals surface area (Å²) in [4.78, 5) is 8.24. The smallest absolute Gasteiger partial charge is 0.100 e. The summed E-state index contributed by atoms with van der Waals surface area (Å²) >= 11 is 0. The molecule has 0 saturated carbocycles. The SMILES string of the molecule is C=C(N=C=Nc1ccc(C)cc1)c1ccccc1. The maximum Gasteiger partial charge on any atom is 0.100 e. The number of nitrogens with zero attached hydrogens (tertiary/aromatic N) is 2. The van der Waals surface area contributed by atoms with Crippen molar-refractivity contribution in [3.63, 3.8) is 0 Å². The lowest BCUT2D eigenvalue weighted by Gasteiger charge is -1.95. The quantitative estimate of drug-likeness (QED) is 0.700. The van der Waals surface area contributed by atoms with Gasteiger partial charge in [-0.05, 0) is 19.1 Å². The first-order chi connectivity index (χ1) is 8.75. The molecular formula is C16H14N2. The highest BCUT2D eigenvalue weighted by Gasteiger charge is 1.92. The fraction of sp³-hybridized carbons (Fsp3) is 0.0625. The Labute approximate surface area is 107 Å². The van der Waals surface area contributed by atoms with Crippen LogP contribution in [0.25, 0.3) is 5.70 Å². The molecule has 0 unspecified atom stereocenters. The van der Waals surface area contributed by atoms with E-state index in [4.69, 9.17) is 0 Å². The van der Waals surface area contributed by atoms with Crippen molar-refractivity contribution in [1.29, 1.82) is 0 Å². The van der Waals surface area contributed by atoms with E-state index in [1.807, 2.05) is 61.5 Å². The van der Waals surface area contributed by atoms with Gasteiger partial charge < -0.3 is 0 Å². The highest BCUT2D eigenvalue weighted by molar-refractivity contribution is 5.69. The molecule has 88 valence electrons. The highest BCUT2D eigenvalue weighted by atomic mass is 14.8. The summed E-state index contributed by atoms with van der Waals surface area (Å²) in [6, 6.07) is 20.3. The number of aryl methyl sites for hydroxylation is 1. The Bertz CT molecular complexity index is 589. The zero-order valence-corrected chi connectivity index (χ0v) is 10.3. The zero-order valence-electron chi connectivity index (χ0n) is 10.3. The lowest BCUT2D eigenvalue weighted by Crippen LogP contribution is -1.76. The van der Waals surface area contributed by atoms with Crippen LogP contribution < -0.4 is 0 Å². The molecule has 0 bridgehead atoms. The minimum Gasteiger partial charge on any atom is -0.188 e. The Balaban J connectivity index is 2.11. The minimum absolute atomic E-state index is 0.659. The molecule has 18 heavy (non-hydrogen) atoms. The first kappa shape index (κ1) is 12.0. The molecule has 2 rings (SSSR count). The van der Waals surface area contributed by atoms with Gasteiger partial charge in [0.25, 0.3) is 0 Å². The van der Waals surface area contributed by atoms with E-state index in [1.54, 1.807) is 0 Å². The van der Waals surface area contributed by atoms with Crippen molar-refractivity contribution in [2.45, 2.75) is 6.92 Å². The van der Waals surface area contributed by atoms with E-state index in [0.717, 1.165) is 11.3 Å². The van der Waals surface area contributed by atoms with Crippen molar-refractivity contribution in [2.75, 3.05) is 0 Å². The fourth-order valence-corrected chi connectivity index (χ4v) is 1.46. The van der Waals surface area contributed by atoms with Gasteiger partial charge in [-0.2, -0.15) is 9.98 Å². The second-order valence-corrected chi connectivity index (χ2v) is 3.97. The predicted molar refractivity (Wildman–Crippen MR) is 76.2 cm³/mol. The molecule has 0 heterocycles. The number of hydrogen-bond donors (Lipinski definition) is 0. The first-order valence-corrected chi connectivity index (χ1v) is 5.73. The normalized spacial score (nSPS) is 9.39. The average molecular weight is 234 g/mol. The maximum absolute atomic E-state index is 4.14. The molecular weight excluding hydrogens is 220 g/mol. The van der Waals surface area contributed by atoms with E-state index in [0.29, 0.717) is 5.70 Å². The molecule has 0 aliphatic rings. The Morgan fingerprint density at radius 2 is 1.67 bits per heavy atom. The Kier molecular flexibility index (Phi) is 3.85. The monoisotopic (exact) mass is 234 g/mol. The van der Waals surface area contributed by atoms with Crippen LogP contribution >= 0.6 is 0 Å². The van der Waals surface area contributed by atoms with E-state index in [-0.39, 0.29) is 0 Å². The van der Waals surface area contributed by atoms with Gasteiger partial charge in [0.15, 0.2) is 0 Å². The molecule has 0 fully saturated rings. The fourth-order valence-electron chi connectivity index (χ4n) is 1.46. The molecule has 0 saturated heterocycles. The van der Waals surface area contributed by atoms with Gasteiger partial charge in [0.1, 0.15) is 6.01 Å². The molecule has 2 heteroatoms. The van der Waals surface area contributed by atoms with Crippen LogP contribution in [0.15, 0.2) is 71.2 Å². The molecule has 0 N–H and O–H groups in total. The van der Waals surface area contributed by atoms with Crippen molar-refractivity contribution in [1.82, 2.24) is 0 Å². The Morgan fingerprint density at radius 3 is 2.33 bits per heavy atom. The van der Waals surface area contributed by atoms with Gasteiger partial charge in [0, 0.05) is 5.56 Å². The van der Waals surface area contributed by atoms with Crippen LogP contribution in [0.4, 0.5) is 5.69 Å². The lowest BCUT2D eigenvalue weighted by molar-refractivity contribution is 1.43. The average Bonchev–Trinajstić information content (AvgIpc) is 2.42. The van der Waals surface area contributed by atoms with Crippen molar-refractivity contribution in [3.05, 3.63) is 72.3 Å². The van der Waals surface area contributed by atoms with E-state index < -0.39 is 0 Å². The summed E-state index contributed by atoms with van der Waals surface area (Å²) < 4.78 is 0. The number of rotatable bonds is 3. The molecule has 0 radical (unpaired) electrons. The Morgan fingerprint density at radius 1 is 1.00 bits per heavy atom. The number of benzene rings is 2. The van der Waals surface area contributed by atoms with Crippen LogP contribution in [0.1, 0.15) is 11.1 Å².